The van der Waals surface area contributed by atoms with E-state index in [2.05, 4.69) is 10.3 Å². The van der Waals surface area contributed by atoms with Crippen LogP contribution in [0, 0.1) is 0 Å². The predicted molar refractivity (Wildman–Crippen MR) is 95.0 cm³/mol. The summed E-state index contributed by atoms with van der Waals surface area (Å²) < 4.78 is 5.13. The minimum atomic E-state index is -1.15. The van der Waals surface area contributed by atoms with Crippen LogP contribution in [0.3, 0.4) is 0 Å². The van der Waals surface area contributed by atoms with E-state index in [1.54, 1.807) is 7.11 Å². The lowest BCUT2D eigenvalue weighted by atomic mass is 9.81. The van der Waals surface area contributed by atoms with Crippen LogP contribution in [0.1, 0.15) is 41.8 Å². The molecule has 2 N–H and O–H groups in total. The zero-order chi connectivity index (χ0) is 17.9. The molecule has 0 radical (unpaired) electrons. The van der Waals surface area contributed by atoms with Crippen LogP contribution in [-0.2, 0) is 4.79 Å². The number of rotatable bonds is 5. The normalized spacial score (nSPS) is 16.2. The molecule has 1 aliphatic rings. The average Bonchev–Trinajstić information content (AvgIpc) is 3.13. The number of carbonyl (C=O) groups excluding carboxylic acids is 1. The maximum absolute atomic E-state index is 12.5. The summed E-state index contributed by atoms with van der Waals surface area (Å²) in [6.45, 7) is 0. The SMILES string of the molecule is COc1ccc(-c2ncc(C(=O)NC3(C(=O)O)CCCCC3)s2)cc1. The van der Waals surface area contributed by atoms with E-state index < -0.39 is 11.5 Å². The number of thiazole rings is 1. The minimum Gasteiger partial charge on any atom is -0.497 e. The van der Waals surface area contributed by atoms with Gasteiger partial charge in [0.2, 0.25) is 0 Å². The van der Waals surface area contributed by atoms with Gasteiger partial charge in [0.05, 0.1) is 13.3 Å². The monoisotopic (exact) mass is 360 g/mol. The Kier molecular flexibility index (Phi) is 5.03. The van der Waals surface area contributed by atoms with Crippen LogP contribution in [0.2, 0.25) is 0 Å². The smallest absolute Gasteiger partial charge is 0.329 e. The highest BCUT2D eigenvalue weighted by Crippen LogP contribution is 2.31. The van der Waals surface area contributed by atoms with Crippen LogP contribution >= 0.6 is 11.3 Å². The highest BCUT2D eigenvalue weighted by atomic mass is 32.1. The van der Waals surface area contributed by atoms with E-state index in [0.717, 1.165) is 30.6 Å². The minimum absolute atomic E-state index is 0.374. The second kappa shape index (κ2) is 7.23. The molecular weight excluding hydrogens is 340 g/mol. The van der Waals surface area contributed by atoms with Crippen LogP contribution in [0.25, 0.3) is 10.6 Å². The molecule has 1 aliphatic carbocycles. The van der Waals surface area contributed by atoms with Crippen LogP contribution in [0.5, 0.6) is 5.75 Å². The van der Waals surface area contributed by atoms with E-state index in [9.17, 15) is 14.7 Å². The molecule has 0 aliphatic heterocycles. The largest absolute Gasteiger partial charge is 0.497 e. The molecule has 2 aromatic rings. The van der Waals surface area contributed by atoms with Gasteiger partial charge in [-0.2, -0.15) is 0 Å². The standard InChI is InChI=1S/C18H20N2O4S/c1-24-13-7-5-12(6-8-13)16-19-11-14(25-16)15(21)20-18(17(22)23)9-3-2-4-10-18/h5-8,11H,2-4,9-10H2,1H3,(H,20,21)(H,22,23). The number of carbonyl (C=O) groups is 2. The number of methoxy groups -OCH3 is 1. The lowest BCUT2D eigenvalue weighted by molar-refractivity contribution is -0.145. The molecule has 0 spiro atoms. The van der Waals surface area contributed by atoms with Gasteiger partial charge in [0, 0.05) is 5.56 Å². The number of carboxylic acids is 1. The fourth-order valence-corrected chi connectivity index (χ4v) is 3.89. The number of amides is 1. The van der Waals surface area contributed by atoms with Crippen molar-refractivity contribution in [1.82, 2.24) is 10.3 Å². The van der Waals surface area contributed by atoms with E-state index in [1.807, 2.05) is 24.3 Å². The lowest BCUT2D eigenvalue weighted by Crippen LogP contribution is -2.55. The van der Waals surface area contributed by atoms with E-state index in [-0.39, 0.29) is 5.91 Å². The molecule has 1 aromatic heterocycles. The maximum atomic E-state index is 12.5. The third-order valence-electron chi connectivity index (χ3n) is 4.54. The summed E-state index contributed by atoms with van der Waals surface area (Å²) in [4.78, 5) is 28.9. The molecule has 1 aromatic carbocycles. The molecule has 1 saturated carbocycles. The second-order valence-corrected chi connectivity index (χ2v) is 7.19. The topological polar surface area (TPSA) is 88.5 Å². The van der Waals surface area contributed by atoms with Gasteiger partial charge in [0.15, 0.2) is 0 Å². The number of nitrogens with one attached hydrogen (secondary N) is 1. The summed E-state index contributed by atoms with van der Waals surface area (Å²) in [6, 6.07) is 7.41. The Labute approximate surface area is 149 Å². The molecule has 0 bridgehead atoms. The Bertz CT molecular complexity index is 764. The van der Waals surface area contributed by atoms with Crippen molar-refractivity contribution in [2.45, 2.75) is 37.6 Å². The van der Waals surface area contributed by atoms with E-state index in [4.69, 9.17) is 4.74 Å². The van der Waals surface area contributed by atoms with Crippen molar-refractivity contribution >= 4 is 23.2 Å². The molecule has 25 heavy (non-hydrogen) atoms. The first-order valence-electron chi connectivity index (χ1n) is 8.20. The lowest BCUT2D eigenvalue weighted by Gasteiger charge is -2.33. The fraction of sp³-hybridized carbons (Fsp3) is 0.389. The summed E-state index contributed by atoms with van der Waals surface area (Å²) in [5.74, 6) is -0.582. The molecule has 0 saturated heterocycles. The van der Waals surface area contributed by atoms with Gasteiger partial charge >= 0.3 is 5.97 Å². The molecule has 3 rings (SSSR count). The Hall–Kier alpha value is -2.41. The summed E-state index contributed by atoms with van der Waals surface area (Å²) >= 11 is 1.25. The molecule has 6 nitrogen and oxygen atoms in total. The van der Waals surface area contributed by atoms with Crippen molar-refractivity contribution in [3.63, 3.8) is 0 Å². The first-order chi connectivity index (χ1) is 12.0. The molecular formula is C18H20N2O4S. The van der Waals surface area contributed by atoms with Crippen LogP contribution in [-0.4, -0.2) is 34.6 Å². The summed E-state index contributed by atoms with van der Waals surface area (Å²) in [5, 5.41) is 13.0. The highest BCUT2D eigenvalue weighted by Gasteiger charge is 2.41. The van der Waals surface area contributed by atoms with E-state index in [0.29, 0.717) is 22.7 Å². The van der Waals surface area contributed by atoms with Crippen molar-refractivity contribution in [2.24, 2.45) is 0 Å². The van der Waals surface area contributed by atoms with Gasteiger partial charge in [0.25, 0.3) is 5.91 Å². The number of hydrogen-bond acceptors (Lipinski definition) is 5. The number of carboxylic acid groups (broad SMARTS) is 1. The van der Waals surface area contributed by atoms with Crippen molar-refractivity contribution < 1.29 is 19.4 Å². The van der Waals surface area contributed by atoms with E-state index >= 15 is 0 Å². The zero-order valence-electron chi connectivity index (χ0n) is 13.9. The van der Waals surface area contributed by atoms with Crippen molar-refractivity contribution in [1.29, 1.82) is 0 Å². The number of aromatic nitrogens is 1. The maximum Gasteiger partial charge on any atom is 0.329 e. The van der Waals surface area contributed by atoms with Gasteiger partial charge in [-0.05, 0) is 37.1 Å². The molecule has 0 atom stereocenters. The Morgan fingerprint density at radius 1 is 1.20 bits per heavy atom. The summed E-state index contributed by atoms with van der Waals surface area (Å²) in [7, 11) is 1.60. The van der Waals surface area contributed by atoms with E-state index in [1.165, 1.54) is 17.5 Å². The van der Waals surface area contributed by atoms with Crippen LogP contribution < -0.4 is 10.1 Å². The number of benzene rings is 1. The summed E-state index contributed by atoms with van der Waals surface area (Å²) in [5.41, 5.74) is -0.268. The van der Waals surface area contributed by atoms with Crippen LogP contribution in [0.4, 0.5) is 0 Å². The predicted octanol–water partition coefficient (Wildman–Crippen LogP) is 3.34. The Morgan fingerprint density at radius 3 is 2.48 bits per heavy atom. The molecule has 1 amide bonds. The zero-order valence-corrected chi connectivity index (χ0v) is 14.8. The molecule has 7 heteroatoms. The number of aliphatic carboxylic acids is 1. The molecule has 0 unspecified atom stereocenters. The quantitative estimate of drug-likeness (QED) is 0.854. The average molecular weight is 360 g/mol. The first kappa shape index (κ1) is 17.4. The third-order valence-corrected chi connectivity index (χ3v) is 5.58. The third kappa shape index (κ3) is 3.66. The number of ether oxygens (including phenoxy) is 1. The van der Waals surface area contributed by atoms with Gasteiger partial charge in [0.1, 0.15) is 21.2 Å². The Morgan fingerprint density at radius 2 is 1.88 bits per heavy atom. The van der Waals surface area contributed by atoms with Gasteiger partial charge in [-0.15, -0.1) is 11.3 Å². The molecule has 132 valence electrons. The summed E-state index contributed by atoms with van der Waals surface area (Å²) in [6.07, 6.45) is 5.07. The van der Waals surface area contributed by atoms with Crippen molar-refractivity contribution in [3.05, 3.63) is 35.3 Å². The van der Waals surface area contributed by atoms with Gasteiger partial charge in [-0.1, -0.05) is 19.3 Å². The van der Waals surface area contributed by atoms with Gasteiger partial charge < -0.3 is 15.2 Å². The number of nitrogens with zero attached hydrogens (tertiary/aromatic N) is 1. The highest BCUT2D eigenvalue weighted by molar-refractivity contribution is 7.16. The van der Waals surface area contributed by atoms with Crippen LogP contribution in [0.15, 0.2) is 30.5 Å². The molecule has 1 heterocycles. The van der Waals surface area contributed by atoms with Gasteiger partial charge in [-0.25, -0.2) is 9.78 Å². The second-order valence-electron chi connectivity index (χ2n) is 6.16. The van der Waals surface area contributed by atoms with Crippen molar-refractivity contribution in [3.8, 4) is 16.3 Å². The Balaban J connectivity index is 1.76. The first-order valence-corrected chi connectivity index (χ1v) is 9.02. The molecule has 1 fully saturated rings. The number of hydrogen-bond donors (Lipinski definition) is 2. The van der Waals surface area contributed by atoms with Gasteiger partial charge in [-0.3, -0.25) is 4.79 Å². The van der Waals surface area contributed by atoms with Crippen molar-refractivity contribution in [2.75, 3.05) is 7.11 Å². The fourth-order valence-electron chi connectivity index (χ4n) is 3.07.